The molecule has 3 aliphatic rings. The second kappa shape index (κ2) is 7.19. The summed E-state index contributed by atoms with van der Waals surface area (Å²) in [7, 11) is 0. The average Bonchev–Trinajstić information content (AvgIpc) is 3.08. The van der Waals surface area contributed by atoms with Gasteiger partial charge in [-0.15, -0.1) is 0 Å². The molecule has 5 nitrogen and oxygen atoms in total. The number of benzene rings is 1. The van der Waals surface area contributed by atoms with E-state index in [0.717, 1.165) is 37.4 Å². The van der Waals surface area contributed by atoms with Crippen LogP contribution in [0, 0.1) is 5.92 Å². The van der Waals surface area contributed by atoms with E-state index >= 15 is 0 Å². The van der Waals surface area contributed by atoms with Gasteiger partial charge >= 0.3 is 5.91 Å². The zero-order valence-corrected chi connectivity index (χ0v) is 15.7. The first-order valence-corrected chi connectivity index (χ1v) is 9.77. The third-order valence-corrected chi connectivity index (χ3v) is 6.38. The van der Waals surface area contributed by atoms with Crippen LogP contribution in [0.4, 0.5) is 0 Å². The van der Waals surface area contributed by atoms with Crippen molar-refractivity contribution in [2.75, 3.05) is 19.6 Å². The molecule has 1 aromatic carbocycles. The highest BCUT2D eigenvalue weighted by molar-refractivity contribution is 7.99. The molecule has 5 rings (SSSR count). The number of carbonyl (C=O) groups excluding carboxylic acids is 1. The topological polar surface area (TPSA) is 58.4 Å². The summed E-state index contributed by atoms with van der Waals surface area (Å²) in [6, 6.07) is 5.51. The number of rotatable bonds is 4. The van der Waals surface area contributed by atoms with E-state index in [2.05, 4.69) is 15.2 Å². The Morgan fingerprint density at radius 2 is 2.08 bits per heavy atom. The summed E-state index contributed by atoms with van der Waals surface area (Å²) in [5.74, 6) is 0.410. The van der Waals surface area contributed by atoms with E-state index in [1.54, 1.807) is 18.3 Å². The van der Waals surface area contributed by atoms with Crippen LogP contribution in [0.15, 0.2) is 38.8 Å². The first-order valence-electron chi connectivity index (χ1n) is 8.20. The monoisotopic (exact) mass is 397 g/mol. The minimum atomic E-state index is -0.250. The summed E-state index contributed by atoms with van der Waals surface area (Å²) >= 11 is 13.3. The zero-order chi connectivity index (χ0) is 17.4. The predicted molar refractivity (Wildman–Crippen MR) is 97.5 cm³/mol. The number of hydrogen-bond acceptors (Lipinski definition) is 5. The molecule has 1 aromatic heterocycles. The summed E-state index contributed by atoms with van der Waals surface area (Å²) in [6.07, 6.45) is 3.85. The molecule has 1 unspecified atom stereocenters. The highest BCUT2D eigenvalue weighted by Gasteiger charge is 2.35. The van der Waals surface area contributed by atoms with Gasteiger partial charge in [-0.25, -0.2) is 4.98 Å². The third kappa shape index (κ3) is 3.82. The molecule has 132 valence electrons. The van der Waals surface area contributed by atoms with Crippen molar-refractivity contribution in [3.05, 3.63) is 40.3 Å². The molecule has 4 heterocycles. The molecule has 1 N–H and O–H groups in total. The Bertz CT molecular complexity index is 790. The molecule has 25 heavy (non-hydrogen) atoms. The molecule has 0 saturated carbocycles. The van der Waals surface area contributed by atoms with Crippen LogP contribution in [-0.2, 0) is 0 Å². The number of hydrogen-bond donors (Lipinski definition) is 1. The molecule has 1 atom stereocenters. The van der Waals surface area contributed by atoms with Crippen LogP contribution in [0.25, 0.3) is 0 Å². The van der Waals surface area contributed by atoms with E-state index in [-0.39, 0.29) is 17.8 Å². The van der Waals surface area contributed by atoms with Gasteiger partial charge < -0.3 is 14.6 Å². The minimum Gasteiger partial charge on any atom is -0.425 e. The van der Waals surface area contributed by atoms with Crippen molar-refractivity contribution in [3.63, 3.8) is 0 Å². The molecule has 3 aliphatic heterocycles. The summed E-state index contributed by atoms with van der Waals surface area (Å²) in [5.41, 5.74) is 0. The molecule has 8 heteroatoms. The van der Waals surface area contributed by atoms with Crippen LogP contribution >= 0.6 is 35.0 Å². The lowest BCUT2D eigenvalue weighted by atomic mass is 9.84. The lowest BCUT2D eigenvalue weighted by Crippen LogP contribution is -2.57. The number of nitrogens with zero attached hydrogens (tertiary/aromatic N) is 2. The van der Waals surface area contributed by atoms with Crippen molar-refractivity contribution >= 4 is 40.9 Å². The van der Waals surface area contributed by atoms with Gasteiger partial charge in [0, 0.05) is 17.5 Å². The number of halogens is 2. The van der Waals surface area contributed by atoms with E-state index < -0.39 is 0 Å². The second-order valence-corrected chi connectivity index (χ2v) is 8.27. The maximum Gasteiger partial charge on any atom is 0.307 e. The van der Waals surface area contributed by atoms with Crippen LogP contribution in [-0.4, -0.2) is 41.5 Å². The molecule has 2 aromatic rings. The maximum atomic E-state index is 12.4. The summed E-state index contributed by atoms with van der Waals surface area (Å²) < 4.78 is 5.59. The van der Waals surface area contributed by atoms with Crippen LogP contribution < -0.4 is 5.32 Å². The molecule has 0 radical (unpaired) electrons. The number of aromatic nitrogens is 1. The quantitative estimate of drug-likeness (QED) is 0.845. The van der Waals surface area contributed by atoms with Gasteiger partial charge in [0.2, 0.25) is 0 Å². The maximum absolute atomic E-state index is 12.4. The largest absolute Gasteiger partial charge is 0.425 e. The summed E-state index contributed by atoms with van der Waals surface area (Å²) in [5, 5.41) is 4.59. The number of piperidine rings is 3. The number of amides is 1. The standard InChI is InChI=1S/C17H17Cl2N3O2S/c18-12-2-1-11(7-13(12)19)25-15-8-20-17(24-15)16(23)21-14-9-22-5-3-10(14)4-6-22/h1-2,7-8,10,14H,3-6,9H2,(H,21,23). The van der Waals surface area contributed by atoms with Crippen molar-refractivity contribution in [1.82, 2.24) is 15.2 Å². The van der Waals surface area contributed by atoms with E-state index in [1.165, 1.54) is 11.8 Å². The Hall–Kier alpha value is -1.21. The second-order valence-electron chi connectivity index (χ2n) is 6.38. The normalized spacial score (nSPS) is 25.1. The fourth-order valence-corrected chi connectivity index (χ4v) is 4.56. The van der Waals surface area contributed by atoms with E-state index in [1.807, 2.05) is 6.07 Å². The van der Waals surface area contributed by atoms with Crippen molar-refractivity contribution in [1.29, 1.82) is 0 Å². The first-order chi connectivity index (χ1) is 12.1. The number of carbonyl (C=O) groups is 1. The van der Waals surface area contributed by atoms with Crippen molar-refractivity contribution in [3.8, 4) is 0 Å². The average molecular weight is 398 g/mol. The summed E-state index contributed by atoms with van der Waals surface area (Å²) in [4.78, 5) is 19.8. The number of fused-ring (bicyclic) bond motifs is 3. The van der Waals surface area contributed by atoms with Gasteiger partial charge in [0.15, 0.2) is 5.09 Å². The molecule has 0 spiro atoms. The fraction of sp³-hybridized carbons (Fsp3) is 0.412. The predicted octanol–water partition coefficient (Wildman–Crippen LogP) is 3.96. The Kier molecular flexibility index (Phi) is 4.95. The molecule has 3 fully saturated rings. The Labute approximate surface area is 160 Å². The molecular formula is C17H17Cl2N3O2S. The lowest BCUT2D eigenvalue weighted by molar-refractivity contribution is 0.0599. The summed E-state index contributed by atoms with van der Waals surface area (Å²) in [6.45, 7) is 3.20. The minimum absolute atomic E-state index is 0.0963. The van der Waals surface area contributed by atoms with Gasteiger partial charge in [-0.05, 0) is 50.0 Å². The van der Waals surface area contributed by atoms with Crippen LogP contribution in [0.5, 0.6) is 0 Å². The van der Waals surface area contributed by atoms with E-state index in [9.17, 15) is 4.79 Å². The Morgan fingerprint density at radius 1 is 1.28 bits per heavy atom. The van der Waals surface area contributed by atoms with Gasteiger partial charge in [0.05, 0.1) is 16.2 Å². The molecule has 1 amide bonds. The third-order valence-electron chi connectivity index (χ3n) is 4.76. The van der Waals surface area contributed by atoms with Gasteiger partial charge in [-0.2, -0.15) is 0 Å². The van der Waals surface area contributed by atoms with Gasteiger partial charge in [0.1, 0.15) is 0 Å². The molecule has 3 saturated heterocycles. The molecule has 0 aliphatic carbocycles. The van der Waals surface area contributed by atoms with Crippen molar-refractivity contribution in [2.45, 2.75) is 28.9 Å². The number of nitrogens with one attached hydrogen (secondary N) is 1. The van der Waals surface area contributed by atoms with Crippen LogP contribution in [0.1, 0.15) is 23.5 Å². The van der Waals surface area contributed by atoms with E-state index in [4.69, 9.17) is 27.6 Å². The van der Waals surface area contributed by atoms with Crippen molar-refractivity contribution < 1.29 is 9.21 Å². The van der Waals surface area contributed by atoms with E-state index in [0.29, 0.717) is 21.1 Å². The molecular weight excluding hydrogens is 381 g/mol. The zero-order valence-electron chi connectivity index (χ0n) is 13.4. The Morgan fingerprint density at radius 3 is 2.76 bits per heavy atom. The lowest BCUT2D eigenvalue weighted by Gasteiger charge is -2.44. The van der Waals surface area contributed by atoms with Crippen LogP contribution in [0.3, 0.4) is 0 Å². The number of oxazole rings is 1. The Balaban J connectivity index is 1.40. The SMILES string of the molecule is O=C(NC1CN2CCC1CC2)c1ncc(Sc2ccc(Cl)c(Cl)c2)o1. The van der Waals surface area contributed by atoms with Gasteiger partial charge in [0.25, 0.3) is 5.89 Å². The highest BCUT2D eigenvalue weighted by atomic mass is 35.5. The fourth-order valence-electron chi connectivity index (χ4n) is 3.43. The van der Waals surface area contributed by atoms with Crippen molar-refractivity contribution in [2.24, 2.45) is 5.92 Å². The van der Waals surface area contributed by atoms with Gasteiger partial charge in [-0.1, -0.05) is 35.0 Å². The van der Waals surface area contributed by atoms with Crippen LogP contribution in [0.2, 0.25) is 10.0 Å². The smallest absolute Gasteiger partial charge is 0.307 e. The molecule has 2 bridgehead atoms. The highest BCUT2D eigenvalue weighted by Crippen LogP contribution is 2.33. The first kappa shape index (κ1) is 17.2. The van der Waals surface area contributed by atoms with Gasteiger partial charge in [-0.3, -0.25) is 4.79 Å².